The molecule has 4 nitrogen and oxygen atoms in total. The first-order valence-electron chi connectivity index (χ1n) is 6.11. The van der Waals surface area contributed by atoms with Crippen molar-refractivity contribution in [3.63, 3.8) is 0 Å². The Bertz CT molecular complexity index is 410. The second-order valence-electron chi connectivity index (χ2n) is 3.99. The minimum atomic E-state index is -4.36. The normalized spacial score (nSPS) is 11.4. The van der Waals surface area contributed by atoms with Crippen molar-refractivity contribution in [1.29, 1.82) is 0 Å². The van der Waals surface area contributed by atoms with Gasteiger partial charge < -0.3 is 19.5 Å². The standard InChI is InChI=1S/C13H18F3NO3/c1-3-17-7-10-4-5-11(18-2)12(6-10)20-9-19-8-13(14,15)16/h4-6,17H,3,7-9H2,1-2H3. The van der Waals surface area contributed by atoms with E-state index in [4.69, 9.17) is 9.47 Å². The molecule has 1 aromatic carbocycles. The van der Waals surface area contributed by atoms with Gasteiger partial charge in [-0.25, -0.2) is 0 Å². The first-order valence-corrected chi connectivity index (χ1v) is 6.11. The number of rotatable bonds is 8. The molecule has 0 fully saturated rings. The summed E-state index contributed by atoms with van der Waals surface area (Å²) < 4.78 is 50.4. The smallest absolute Gasteiger partial charge is 0.411 e. The lowest BCUT2D eigenvalue weighted by molar-refractivity contribution is -0.186. The van der Waals surface area contributed by atoms with Crippen LogP contribution >= 0.6 is 0 Å². The Morgan fingerprint density at radius 1 is 1.20 bits per heavy atom. The van der Waals surface area contributed by atoms with Crippen molar-refractivity contribution in [3.8, 4) is 11.5 Å². The average molecular weight is 293 g/mol. The number of hydrogen-bond donors (Lipinski definition) is 1. The van der Waals surface area contributed by atoms with Crippen LogP contribution in [0.1, 0.15) is 12.5 Å². The van der Waals surface area contributed by atoms with Crippen LogP contribution in [0.4, 0.5) is 13.2 Å². The first kappa shape index (κ1) is 16.6. The highest BCUT2D eigenvalue weighted by molar-refractivity contribution is 5.42. The number of hydrogen-bond acceptors (Lipinski definition) is 4. The Morgan fingerprint density at radius 2 is 1.95 bits per heavy atom. The molecule has 0 radical (unpaired) electrons. The van der Waals surface area contributed by atoms with E-state index < -0.39 is 19.6 Å². The first-order chi connectivity index (χ1) is 9.46. The highest BCUT2D eigenvalue weighted by atomic mass is 19.4. The maximum absolute atomic E-state index is 11.9. The van der Waals surface area contributed by atoms with Gasteiger partial charge in [0, 0.05) is 6.54 Å². The number of benzene rings is 1. The lowest BCUT2D eigenvalue weighted by atomic mass is 10.2. The van der Waals surface area contributed by atoms with Gasteiger partial charge >= 0.3 is 6.18 Å². The zero-order valence-electron chi connectivity index (χ0n) is 11.4. The highest BCUT2D eigenvalue weighted by Crippen LogP contribution is 2.28. The maximum Gasteiger partial charge on any atom is 0.411 e. The summed E-state index contributed by atoms with van der Waals surface area (Å²) in [5.74, 6) is 0.797. The molecule has 0 saturated heterocycles. The molecular weight excluding hydrogens is 275 g/mol. The zero-order chi connectivity index (χ0) is 15.0. The molecule has 0 spiro atoms. The lowest BCUT2D eigenvalue weighted by Gasteiger charge is -2.13. The number of methoxy groups -OCH3 is 1. The fourth-order valence-electron chi connectivity index (χ4n) is 1.48. The molecule has 1 rings (SSSR count). The van der Waals surface area contributed by atoms with Crippen LogP contribution in [0.3, 0.4) is 0 Å². The quantitative estimate of drug-likeness (QED) is 0.591. The van der Waals surface area contributed by atoms with Crippen molar-refractivity contribution in [2.75, 3.05) is 27.1 Å². The van der Waals surface area contributed by atoms with E-state index in [1.54, 1.807) is 12.1 Å². The highest BCUT2D eigenvalue weighted by Gasteiger charge is 2.27. The zero-order valence-corrected chi connectivity index (χ0v) is 11.4. The van der Waals surface area contributed by atoms with Crippen LogP contribution < -0.4 is 14.8 Å². The van der Waals surface area contributed by atoms with E-state index in [-0.39, 0.29) is 0 Å². The SMILES string of the molecule is CCNCc1ccc(OC)c(OCOCC(F)(F)F)c1. The van der Waals surface area contributed by atoms with Crippen molar-refractivity contribution >= 4 is 0 Å². The van der Waals surface area contributed by atoms with E-state index in [1.807, 2.05) is 13.0 Å². The van der Waals surface area contributed by atoms with E-state index in [0.717, 1.165) is 12.1 Å². The summed E-state index contributed by atoms with van der Waals surface area (Å²) in [6.45, 7) is 1.61. The predicted molar refractivity (Wildman–Crippen MR) is 67.9 cm³/mol. The predicted octanol–water partition coefficient (Wildman–Crippen LogP) is 2.72. The third kappa shape index (κ3) is 6.12. The molecule has 0 unspecified atom stereocenters. The van der Waals surface area contributed by atoms with Gasteiger partial charge in [-0.2, -0.15) is 13.2 Å². The largest absolute Gasteiger partial charge is 0.493 e. The lowest BCUT2D eigenvalue weighted by Crippen LogP contribution is -2.19. The average Bonchev–Trinajstić information content (AvgIpc) is 2.40. The molecule has 0 aliphatic heterocycles. The Hall–Kier alpha value is -1.47. The molecule has 0 aromatic heterocycles. The number of nitrogens with one attached hydrogen (secondary N) is 1. The second kappa shape index (κ2) is 7.96. The number of halogens is 3. The van der Waals surface area contributed by atoms with Crippen molar-refractivity contribution in [2.24, 2.45) is 0 Å². The van der Waals surface area contributed by atoms with Gasteiger partial charge in [-0.15, -0.1) is 0 Å². The molecule has 0 saturated carbocycles. The van der Waals surface area contributed by atoms with E-state index >= 15 is 0 Å². The fraction of sp³-hybridized carbons (Fsp3) is 0.538. The van der Waals surface area contributed by atoms with E-state index in [2.05, 4.69) is 10.1 Å². The van der Waals surface area contributed by atoms with Crippen LogP contribution in [0.15, 0.2) is 18.2 Å². The van der Waals surface area contributed by atoms with Gasteiger partial charge in [0.05, 0.1) is 7.11 Å². The van der Waals surface area contributed by atoms with Gasteiger partial charge in [-0.3, -0.25) is 0 Å². The number of ether oxygens (including phenoxy) is 3. The number of alkyl halides is 3. The molecule has 1 aromatic rings. The molecular formula is C13H18F3NO3. The summed E-state index contributed by atoms with van der Waals surface area (Å²) >= 11 is 0. The van der Waals surface area contributed by atoms with Gasteiger partial charge in [0.25, 0.3) is 0 Å². The second-order valence-corrected chi connectivity index (χ2v) is 3.99. The summed E-state index contributed by atoms with van der Waals surface area (Å²) in [7, 11) is 1.46. The molecule has 114 valence electrons. The molecule has 0 heterocycles. The fourth-order valence-corrected chi connectivity index (χ4v) is 1.48. The molecule has 0 bridgehead atoms. The summed E-state index contributed by atoms with van der Waals surface area (Å²) in [6.07, 6.45) is -4.36. The topological polar surface area (TPSA) is 39.7 Å². The van der Waals surface area contributed by atoms with Crippen LogP contribution in [0.25, 0.3) is 0 Å². The third-order valence-electron chi connectivity index (χ3n) is 2.37. The summed E-state index contributed by atoms with van der Waals surface area (Å²) in [4.78, 5) is 0. The Morgan fingerprint density at radius 3 is 2.55 bits per heavy atom. The Kier molecular flexibility index (Phi) is 6.60. The molecule has 1 N–H and O–H groups in total. The minimum absolute atomic E-state index is 0.352. The van der Waals surface area contributed by atoms with Gasteiger partial charge in [0.15, 0.2) is 18.3 Å². The van der Waals surface area contributed by atoms with E-state index in [0.29, 0.717) is 18.0 Å². The molecule has 0 atom stereocenters. The van der Waals surface area contributed by atoms with E-state index in [9.17, 15) is 13.2 Å². The van der Waals surface area contributed by atoms with Crippen molar-refractivity contribution in [2.45, 2.75) is 19.6 Å². The molecule has 0 amide bonds. The summed E-state index contributed by atoms with van der Waals surface area (Å²) in [5.41, 5.74) is 0.943. The Balaban J connectivity index is 2.57. The van der Waals surface area contributed by atoms with E-state index in [1.165, 1.54) is 7.11 Å². The maximum atomic E-state index is 11.9. The van der Waals surface area contributed by atoms with Gasteiger partial charge in [0.2, 0.25) is 0 Å². The molecule has 20 heavy (non-hydrogen) atoms. The van der Waals surface area contributed by atoms with Gasteiger partial charge in [-0.1, -0.05) is 13.0 Å². The van der Waals surface area contributed by atoms with Crippen LogP contribution in [-0.2, 0) is 11.3 Å². The minimum Gasteiger partial charge on any atom is -0.493 e. The van der Waals surface area contributed by atoms with Crippen LogP contribution in [-0.4, -0.2) is 33.2 Å². The summed E-state index contributed by atoms with van der Waals surface area (Å²) in [5, 5.41) is 3.14. The molecule has 0 aliphatic carbocycles. The van der Waals surface area contributed by atoms with Crippen molar-refractivity contribution in [3.05, 3.63) is 23.8 Å². The summed E-state index contributed by atoms with van der Waals surface area (Å²) in [6, 6.07) is 5.26. The van der Waals surface area contributed by atoms with Crippen LogP contribution in [0, 0.1) is 0 Å². The van der Waals surface area contributed by atoms with Crippen molar-refractivity contribution in [1.82, 2.24) is 5.32 Å². The molecule has 7 heteroatoms. The van der Waals surface area contributed by atoms with Gasteiger partial charge in [-0.05, 0) is 24.2 Å². The monoisotopic (exact) mass is 293 g/mol. The van der Waals surface area contributed by atoms with Crippen LogP contribution in [0.5, 0.6) is 11.5 Å². The Labute approximate surface area is 115 Å². The van der Waals surface area contributed by atoms with Crippen LogP contribution in [0.2, 0.25) is 0 Å². The third-order valence-corrected chi connectivity index (χ3v) is 2.37. The van der Waals surface area contributed by atoms with Crippen molar-refractivity contribution < 1.29 is 27.4 Å². The molecule has 0 aliphatic rings. The van der Waals surface area contributed by atoms with Gasteiger partial charge in [0.1, 0.15) is 6.61 Å².